The first-order valence-corrected chi connectivity index (χ1v) is 5.69. The molecule has 0 aliphatic heterocycles. The van der Waals surface area contributed by atoms with E-state index in [9.17, 15) is 4.79 Å². The summed E-state index contributed by atoms with van der Waals surface area (Å²) < 4.78 is 10.1. The van der Waals surface area contributed by atoms with Gasteiger partial charge in [0.15, 0.2) is 0 Å². The van der Waals surface area contributed by atoms with E-state index >= 15 is 0 Å². The van der Waals surface area contributed by atoms with Gasteiger partial charge in [0.1, 0.15) is 5.75 Å². The molecule has 3 nitrogen and oxygen atoms in total. The van der Waals surface area contributed by atoms with Crippen molar-refractivity contribution in [3.05, 3.63) is 28.2 Å². The van der Waals surface area contributed by atoms with Crippen molar-refractivity contribution in [1.82, 2.24) is 0 Å². The molecule has 0 bridgehead atoms. The largest absolute Gasteiger partial charge is 0.513 e. The summed E-state index contributed by atoms with van der Waals surface area (Å²) in [7, 11) is 1.28. The third-order valence-corrected chi connectivity index (χ3v) is 2.78. The van der Waals surface area contributed by atoms with Crippen LogP contribution < -0.4 is 4.74 Å². The van der Waals surface area contributed by atoms with E-state index in [1.165, 1.54) is 7.11 Å². The van der Waals surface area contributed by atoms with Crippen LogP contribution in [0.5, 0.6) is 5.75 Å². The Morgan fingerprint density at radius 2 is 1.94 bits per heavy atom. The zero-order valence-electron chi connectivity index (χ0n) is 9.83. The predicted molar refractivity (Wildman–Crippen MR) is 65.9 cm³/mol. The number of halogens is 1. The van der Waals surface area contributed by atoms with Crippen LogP contribution in [0, 0.1) is 0 Å². The maximum Gasteiger partial charge on any atom is 0.513 e. The fraction of sp³-hybridized carbons (Fsp3) is 0.417. The van der Waals surface area contributed by atoms with E-state index in [1.54, 1.807) is 6.07 Å². The molecule has 0 unspecified atom stereocenters. The van der Waals surface area contributed by atoms with Crippen LogP contribution >= 0.6 is 15.9 Å². The van der Waals surface area contributed by atoms with Crippen LogP contribution in [0.4, 0.5) is 4.79 Å². The molecule has 0 aromatic heterocycles. The highest BCUT2D eigenvalue weighted by Crippen LogP contribution is 2.31. The predicted octanol–water partition coefficient (Wildman–Crippen LogP) is 3.89. The normalized spacial score (nSPS) is 11.1. The van der Waals surface area contributed by atoms with Gasteiger partial charge in [0.2, 0.25) is 0 Å². The third-order valence-electron chi connectivity index (χ3n) is 2.16. The minimum absolute atomic E-state index is 0.0618. The van der Waals surface area contributed by atoms with Gasteiger partial charge >= 0.3 is 6.16 Å². The number of methoxy groups -OCH3 is 1. The average molecular weight is 287 g/mol. The van der Waals surface area contributed by atoms with Gasteiger partial charge in [0, 0.05) is 0 Å². The fourth-order valence-corrected chi connectivity index (χ4v) is 1.64. The van der Waals surface area contributed by atoms with Crippen molar-refractivity contribution in [3.63, 3.8) is 0 Å². The smallest absolute Gasteiger partial charge is 0.437 e. The number of benzene rings is 1. The quantitative estimate of drug-likeness (QED) is 0.580. The number of ether oxygens (including phenoxy) is 2. The number of rotatable bonds is 1. The minimum Gasteiger partial charge on any atom is -0.437 e. The second-order valence-electron chi connectivity index (χ2n) is 4.45. The van der Waals surface area contributed by atoms with E-state index < -0.39 is 6.16 Å². The summed E-state index contributed by atoms with van der Waals surface area (Å²) in [6.07, 6.45) is -0.718. The van der Waals surface area contributed by atoms with Crippen molar-refractivity contribution in [2.45, 2.75) is 26.2 Å². The van der Waals surface area contributed by atoms with E-state index in [0.717, 1.165) is 10.0 Å². The standard InChI is InChI=1S/C12H15BrO3/c1-12(2,3)8-5-6-10(9(13)7-8)16-11(14)15-4/h5-7H,1-4H3. The Morgan fingerprint density at radius 1 is 1.31 bits per heavy atom. The first kappa shape index (κ1) is 13.0. The molecule has 1 rings (SSSR count). The molecular weight excluding hydrogens is 272 g/mol. The fourth-order valence-electron chi connectivity index (χ4n) is 1.18. The molecule has 0 fully saturated rings. The Labute approximate surface area is 104 Å². The van der Waals surface area contributed by atoms with E-state index in [0.29, 0.717) is 5.75 Å². The molecule has 4 heteroatoms. The molecule has 16 heavy (non-hydrogen) atoms. The molecule has 0 N–H and O–H groups in total. The lowest BCUT2D eigenvalue weighted by Gasteiger charge is -2.19. The minimum atomic E-state index is -0.718. The summed E-state index contributed by atoms with van der Waals surface area (Å²) in [4.78, 5) is 10.9. The first-order valence-electron chi connectivity index (χ1n) is 4.90. The van der Waals surface area contributed by atoms with Crippen molar-refractivity contribution in [2.24, 2.45) is 0 Å². The molecule has 0 heterocycles. The van der Waals surface area contributed by atoms with Crippen molar-refractivity contribution in [2.75, 3.05) is 7.11 Å². The van der Waals surface area contributed by atoms with Gasteiger partial charge in [-0.05, 0) is 39.0 Å². The van der Waals surface area contributed by atoms with Gasteiger partial charge in [0.25, 0.3) is 0 Å². The second kappa shape index (κ2) is 4.87. The Bertz CT molecular complexity index is 394. The summed E-state index contributed by atoms with van der Waals surface area (Å²) in [5.41, 5.74) is 1.23. The van der Waals surface area contributed by atoms with Crippen molar-refractivity contribution in [1.29, 1.82) is 0 Å². The third kappa shape index (κ3) is 3.23. The zero-order chi connectivity index (χ0) is 12.3. The lowest BCUT2D eigenvalue weighted by atomic mass is 9.87. The molecule has 88 valence electrons. The molecule has 1 aromatic carbocycles. The van der Waals surface area contributed by atoms with Crippen LogP contribution in [0.2, 0.25) is 0 Å². The van der Waals surface area contributed by atoms with Crippen LogP contribution in [-0.2, 0) is 10.2 Å². The molecule has 0 spiro atoms. The zero-order valence-corrected chi connectivity index (χ0v) is 11.4. The van der Waals surface area contributed by atoms with Crippen molar-refractivity contribution < 1.29 is 14.3 Å². The summed E-state index contributed by atoms with van der Waals surface area (Å²) in [6.45, 7) is 6.36. The van der Waals surface area contributed by atoms with E-state index in [1.807, 2.05) is 12.1 Å². The van der Waals surface area contributed by atoms with Gasteiger partial charge in [0.05, 0.1) is 11.6 Å². The summed E-state index contributed by atoms with van der Waals surface area (Å²) in [5, 5.41) is 0. The van der Waals surface area contributed by atoms with E-state index in [2.05, 4.69) is 41.4 Å². The lowest BCUT2D eigenvalue weighted by Crippen LogP contribution is -2.12. The van der Waals surface area contributed by atoms with Gasteiger partial charge in [-0.25, -0.2) is 4.79 Å². The Hall–Kier alpha value is -1.03. The molecule has 1 aromatic rings. The SMILES string of the molecule is COC(=O)Oc1ccc(C(C)(C)C)cc1Br. The van der Waals surface area contributed by atoms with Gasteiger partial charge in [-0.3, -0.25) is 0 Å². The van der Waals surface area contributed by atoms with Gasteiger partial charge < -0.3 is 9.47 Å². The topological polar surface area (TPSA) is 35.5 Å². The summed E-state index contributed by atoms with van der Waals surface area (Å²) in [6, 6.07) is 5.63. The first-order chi connectivity index (χ1) is 7.34. The lowest BCUT2D eigenvalue weighted by molar-refractivity contribution is 0.121. The van der Waals surface area contributed by atoms with Crippen LogP contribution in [0.1, 0.15) is 26.3 Å². The average Bonchev–Trinajstić information content (AvgIpc) is 2.19. The Kier molecular flexibility index (Phi) is 3.97. The van der Waals surface area contributed by atoms with Gasteiger partial charge in [-0.2, -0.15) is 0 Å². The van der Waals surface area contributed by atoms with Crippen molar-refractivity contribution >= 4 is 22.1 Å². The second-order valence-corrected chi connectivity index (χ2v) is 5.31. The Balaban J connectivity index is 2.96. The van der Waals surface area contributed by atoms with Gasteiger partial charge in [-0.15, -0.1) is 0 Å². The van der Waals surface area contributed by atoms with Crippen molar-refractivity contribution in [3.8, 4) is 5.75 Å². The number of hydrogen-bond acceptors (Lipinski definition) is 3. The molecule has 0 aliphatic carbocycles. The number of carbonyl (C=O) groups is 1. The van der Waals surface area contributed by atoms with Crippen LogP contribution in [-0.4, -0.2) is 13.3 Å². The van der Waals surface area contributed by atoms with Crippen LogP contribution in [0.3, 0.4) is 0 Å². The molecule has 0 amide bonds. The maximum absolute atomic E-state index is 10.9. The molecule has 0 atom stereocenters. The molecule has 0 radical (unpaired) electrons. The van der Waals surface area contributed by atoms with E-state index in [4.69, 9.17) is 4.74 Å². The Morgan fingerprint density at radius 3 is 2.38 bits per heavy atom. The van der Waals surface area contributed by atoms with E-state index in [-0.39, 0.29) is 5.41 Å². The highest BCUT2D eigenvalue weighted by molar-refractivity contribution is 9.10. The molecule has 0 aliphatic rings. The summed E-state index contributed by atoms with van der Waals surface area (Å²) >= 11 is 3.36. The number of carbonyl (C=O) groups excluding carboxylic acids is 1. The molecule has 0 saturated carbocycles. The molecular formula is C12H15BrO3. The summed E-state index contributed by atoms with van der Waals surface area (Å²) in [5.74, 6) is 0.458. The van der Waals surface area contributed by atoms with Crippen LogP contribution in [0.25, 0.3) is 0 Å². The monoisotopic (exact) mass is 286 g/mol. The highest BCUT2D eigenvalue weighted by Gasteiger charge is 2.16. The maximum atomic E-state index is 10.9. The highest BCUT2D eigenvalue weighted by atomic mass is 79.9. The van der Waals surface area contributed by atoms with Gasteiger partial charge in [-0.1, -0.05) is 26.8 Å². The number of hydrogen-bond donors (Lipinski definition) is 0. The van der Waals surface area contributed by atoms with Crippen LogP contribution in [0.15, 0.2) is 22.7 Å². The molecule has 0 saturated heterocycles.